The Balaban J connectivity index is 2.01. The molecule has 4 heteroatoms. The fraction of sp³-hybridized carbons (Fsp3) is 0.708. The van der Waals surface area contributed by atoms with E-state index in [9.17, 15) is 4.79 Å². The van der Waals surface area contributed by atoms with Crippen molar-refractivity contribution in [2.45, 2.75) is 110 Å². The molecule has 2 nitrogen and oxygen atoms in total. The number of anilines is 1. The van der Waals surface area contributed by atoms with Gasteiger partial charge in [0.05, 0.1) is 10.7 Å². The van der Waals surface area contributed by atoms with E-state index in [1.54, 1.807) is 6.07 Å². The Hall–Kier alpha value is -0.730. The number of nitrogens with one attached hydrogen (secondary N) is 1. The zero-order valence-corrected chi connectivity index (χ0v) is 19.4. The molecular weight excluding hydrogens is 389 g/mol. The molecule has 0 atom stereocenters. The highest BCUT2D eigenvalue weighted by molar-refractivity contribution is 6.36. The number of hydrogen-bond donors (Lipinski definition) is 1. The third kappa shape index (κ3) is 11.3. The summed E-state index contributed by atoms with van der Waals surface area (Å²) in [5, 5.41) is 3.93. The van der Waals surface area contributed by atoms with Crippen LogP contribution >= 0.6 is 23.2 Å². The van der Waals surface area contributed by atoms with Gasteiger partial charge in [0.2, 0.25) is 5.91 Å². The number of halogens is 2. The maximum Gasteiger partial charge on any atom is 0.224 e. The number of unbranched alkanes of at least 4 members (excludes halogenated alkanes) is 12. The summed E-state index contributed by atoms with van der Waals surface area (Å²) in [5.41, 5.74) is 1.43. The molecular formula is C24H38Cl2NO. The van der Waals surface area contributed by atoms with Crippen molar-refractivity contribution in [1.82, 2.24) is 0 Å². The zero-order chi connectivity index (χ0) is 20.6. The Morgan fingerprint density at radius 1 is 0.857 bits per heavy atom. The van der Waals surface area contributed by atoms with E-state index in [4.69, 9.17) is 23.2 Å². The zero-order valence-electron chi connectivity index (χ0n) is 17.8. The lowest BCUT2D eigenvalue weighted by Gasteiger charge is -2.09. The lowest BCUT2D eigenvalue weighted by atomic mass is 10.0. The van der Waals surface area contributed by atoms with Gasteiger partial charge < -0.3 is 5.32 Å². The van der Waals surface area contributed by atoms with Crippen molar-refractivity contribution < 1.29 is 4.79 Å². The molecule has 0 bridgehead atoms. The SMILES string of the molecule is CCCCCCCCCCCCCCCC(=O)Nc1[c]c(Cl)c(CC)c(Cl)c1. The van der Waals surface area contributed by atoms with Crippen molar-refractivity contribution in [3.05, 3.63) is 27.7 Å². The molecule has 1 N–H and O–H groups in total. The molecule has 0 aliphatic carbocycles. The highest BCUT2D eigenvalue weighted by atomic mass is 35.5. The van der Waals surface area contributed by atoms with Crippen molar-refractivity contribution in [1.29, 1.82) is 0 Å². The Bertz CT molecular complexity index is 537. The van der Waals surface area contributed by atoms with Gasteiger partial charge in [0.15, 0.2) is 0 Å². The first-order valence-corrected chi connectivity index (χ1v) is 12.0. The van der Waals surface area contributed by atoms with Crippen LogP contribution in [0.5, 0.6) is 0 Å². The number of benzene rings is 1. The monoisotopic (exact) mass is 426 g/mol. The third-order valence-corrected chi connectivity index (χ3v) is 5.86. The van der Waals surface area contributed by atoms with Crippen LogP contribution in [-0.4, -0.2) is 5.91 Å². The summed E-state index contributed by atoms with van der Waals surface area (Å²) in [5.74, 6) is 0.00991. The van der Waals surface area contributed by atoms with Crippen molar-refractivity contribution in [3.63, 3.8) is 0 Å². The molecule has 1 aromatic carbocycles. The first-order chi connectivity index (χ1) is 13.6. The van der Waals surface area contributed by atoms with E-state index in [0.717, 1.165) is 24.8 Å². The molecule has 0 unspecified atom stereocenters. The molecule has 0 spiro atoms. The van der Waals surface area contributed by atoms with E-state index in [-0.39, 0.29) is 5.91 Å². The van der Waals surface area contributed by atoms with Gasteiger partial charge in [0.25, 0.3) is 0 Å². The van der Waals surface area contributed by atoms with Crippen LogP contribution in [0.4, 0.5) is 5.69 Å². The highest BCUT2D eigenvalue weighted by Crippen LogP contribution is 2.29. The van der Waals surface area contributed by atoms with Crippen LogP contribution in [0.1, 0.15) is 109 Å². The minimum atomic E-state index is 0.00991. The average Bonchev–Trinajstić information content (AvgIpc) is 2.65. The van der Waals surface area contributed by atoms with Crippen LogP contribution in [0, 0.1) is 6.07 Å². The summed E-state index contributed by atoms with van der Waals surface area (Å²) in [4.78, 5) is 12.1. The van der Waals surface area contributed by atoms with Gasteiger partial charge in [0.1, 0.15) is 0 Å². The summed E-state index contributed by atoms with van der Waals surface area (Å²) in [6.07, 6.45) is 18.3. The average molecular weight is 427 g/mol. The molecule has 28 heavy (non-hydrogen) atoms. The largest absolute Gasteiger partial charge is 0.325 e. The van der Waals surface area contributed by atoms with Gasteiger partial charge >= 0.3 is 0 Å². The van der Waals surface area contributed by atoms with E-state index in [0.29, 0.717) is 22.2 Å². The van der Waals surface area contributed by atoms with Crippen LogP contribution in [0.15, 0.2) is 6.07 Å². The normalized spacial score (nSPS) is 11.0. The van der Waals surface area contributed by atoms with Crippen molar-refractivity contribution >= 4 is 34.8 Å². The van der Waals surface area contributed by atoms with Gasteiger partial charge in [-0.2, -0.15) is 0 Å². The molecule has 0 saturated heterocycles. The summed E-state index contributed by atoms with van der Waals surface area (Å²) in [7, 11) is 0. The fourth-order valence-electron chi connectivity index (χ4n) is 3.46. The minimum absolute atomic E-state index is 0.00991. The summed E-state index contributed by atoms with van der Waals surface area (Å²) in [6.45, 7) is 4.26. The number of hydrogen-bond acceptors (Lipinski definition) is 1. The summed E-state index contributed by atoms with van der Waals surface area (Å²) < 4.78 is 0. The van der Waals surface area contributed by atoms with Crippen molar-refractivity contribution in [2.75, 3.05) is 5.32 Å². The van der Waals surface area contributed by atoms with E-state index < -0.39 is 0 Å². The molecule has 0 aromatic heterocycles. The molecule has 0 aliphatic rings. The van der Waals surface area contributed by atoms with Gasteiger partial charge in [-0.3, -0.25) is 4.79 Å². The molecule has 1 radical (unpaired) electrons. The lowest BCUT2D eigenvalue weighted by Crippen LogP contribution is -2.11. The minimum Gasteiger partial charge on any atom is -0.325 e. The van der Waals surface area contributed by atoms with Gasteiger partial charge in [-0.15, -0.1) is 0 Å². The first kappa shape index (κ1) is 25.3. The first-order valence-electron chi connectivity index (χ1n) is 11.3. The highest BCUT2D eigenvalue weighted by Gasteiger charge is 2.09. The predicted molar refractivity (Wildman–Crippen MR) is 124 cm³/mol. The number of carbonyl (C=O) groups is 1. The molecule has 0 fully saturated rings. The Morgan fingerprint density at radius 3 is 1.82 bits per heavy atom. The molecule has 0 saturated carbocycles. The lowest BCUT2D eigenvalue weighted by molar-refractivity contribution is -0.116. The topological polar surface area (TPSA) is 29.1 Å². The fourth-order valence-corrected chi connectivity index (χ4v) is 4.18. The van der Waals surface area contributed by atoms with Crippen LogP contribution in [0.3, 0.4) is 0 Å². The summed E-state index contributed by atoms with van der Waals surface area (Å²) in [6, 6.07) is 4.73. The van der Waals surface area contributed by atoms with Gasteiger partial charge in [-0.25, -0.2) is 0 Å². The van der Waals surface area contributed by atoms with Gasteiger partial charge in [-0.05, 0) is 24.5 Å². The molecule has 0 aliphatic heterocycles. The Morgan fingerprint density at radius 2 is 1.36 bits per heavy atom. The maximum atomic E-state index is 12.1. The molecule has 159 valence electrons. The van der Waals surface area contributed by atoms with E-state index in [2.05, 4.69) is 18.3 Å². The van der Waals surface area contributed by atoms with Crippen LogP contribution < -0.4 is 5.32 Å². The Kier molecular flexibility index (Phi) is 14.6. The molecule has 1 amide bonds. The number of carbonyl (C=O) groups excluding carboxylic acids is 1. The maximum absolute atomic E-state index is 12.1. The predicted octanol–water partition coefficient (Wildman–Crippen LogP) is 8.78. The van der Waals surface area contributed by atoms with Gasteiger partial charge in [-0.1, -0.05) is 114 Å². The van der Waals surface area contributed by atoms with Crippen LogP contribution in [-0.2, 0) is 11.2 Å². The molecule has 0 heterocycles. The molecule has 1 rings (SSSR count). The van der Waals surface area contributed by atoms with Gasteiger partial charge in [0, 0.05) is 17.5 Å². The van der Waals surface area contributed by atoms with E-state index in [1.807, 2.05) is 6.92 Å². The second kappa shape index (κ2) is 16.1. The second-order valence-electron chi connectivity index (χ2n) is 7.72. The van der Waals surface area contributed by atoms with Crippen LogP contribution in [0.2, 0.25) is 10.0 Å². The van der Waals surface area contributed by atoms with E-state index in [1.165, 1.54) is 70.6 Å². The van der Waals surface area contributed by atoms with Crippen LogP contribution in [0.25, 0.3) is 0 Å². The standard InChI is InChI=1S/C24H38Cl2NO/c1-3-5-6-7-8-9-10-11-12-13-14-15-16-17-24(28)27-20-18-22(25)21(4-2)23(26)19-20/h18H,3-17H2,1-2H3,(H,27,28). The molecule has 1 aromatic rings. The smallest absolute Gasteiger partial charge is 0.224 e. The second-order valence-corrected chi connectivity index (χ2v) is 8.50. The number of amides is 1. The van der Waals surface area contributed by atoms with Crippen molar-refractivity contribution in [2.24, 2.45) is 0 Å². The van der Waals surface area contributed by atoms with E-state index >= 15 is 0 Å². The number of rotatable bonds is 16. The summed E-state index contributed by atoms with van der Waals surface area (Å²) >= 11 is 12.4. The third-order valence-electron chi connectivity index (χ3n) is 5.20. The quantitative estimate of drug-likeness (QED) is 0.262. The Labute approximate surface area is 182 Å². The van der Waals surface area contributed by atoms with Crippen molar-refractivity contribution in [3.8, 4) is 0 Å².